The number of rotatable bonds is 4. The Bertz CT molecular complexity index is 940. The summed E-state index contributed by atoms with van der Waals surface area (Å²) in [5.41, 5.74) is 2.28. The zero-order valence-corrected chi connectivity index (χ0v) is 14.3. The fourth-order valence-electron chi connectivity index (χ4n) is 3.06. The molecule has 1 fully saturated rings. The van der Waals surface area contributed by atoms with Crippen LogP contribution in [0.4, 0.5) is 5.95 Å². The van der Waals surface area contributed by atoms with Gasteiger partial charge in [-0.2, -0.15) is 0 Å². The Morgan fingerprint density at radius 2 is 1.96 bits per heavy atom. The van der Waals surface area contributed by atoms with Crippen LogP contribution >= 0.6 is 11.6 Å². The SMILES string of the molecule is O=C(C=Cc1cnc(N2CCCC2)nc1)c1c[nH]c2cc(Cl)ccc12. The molecule has 3 aromatic rings. The predicted octanol–water partition coefficient (Wildman–Crippen LogP) is 4.11. The molecule has 126 valence electrons. The highest BCUT2D eigenvalue weighted by Crippen LogP contribution is 2.23. The van der Waals surface area contributed by atoms with E-state index in [0.29, 0.717) is 10.6 Å². The van der Waals surface area contributed by atoms with Crippen LogP contribution in [-0.4, -0.2) is 33.8 Å². The molecule has 6 heteroatoms. The summed E-state index contributed by atoms with van der Waals surface area (Å²) in [5.74, 6) is 0.687. The lowest BCUT2D eigenvalue weighted by Gasteiger charge is -2.14. The summed E-state index contributed by atoms with van der Waals surface area (Å²) in [5, 5.41) is 1.50. The van der Waals surface area contributed by atoms with Crippen molar-refractivity contribution in [2.24, 2.45) is 0 Å². The molecule has 0 bridgehead atoms. The van der Waals surface area contributed by atoms with Gasteiger partial charge < -0.3 is 9.88 Å². The van der Waals surface area contributed by atoms with Crippen LogP contribution in [0.5, 0.6) is 0 Å². The van der Waals surface area contributed by atoms with Crippen LogP contribution in [0.3, 0.4) is 0 Å². The average Bonchev–Trinajstić information content (AvgIpc) is 3.29. The van der Waals surface area contributed by atoms with Crippen molar-refractivity contribution in [3.8, 4) is 0 Å². The summed E-state index contributed by atoms with van der Waals surface area (Å²) < 4.78 is 0. The second-order valence-corrected chi connectivity index (χ2v) is 6.54. The number of halogens is 1. The molecule has 4 rings (SSSR count). The second kappa shape index (κ2) is 6.69. The lowest BCUT2D eigenvalue weighted by molar-refractivity contribution is 0.104. The van der Waals surface area contributed by atoms with Gasteiger partial charge in [-0.3, -0.25) is 4.79 Å². The lowest BCUT2D eigenvalue weighted by Crippen LogP contribution is -2.20. The number of aromatic nitrogens is 3. The van der Waals surface area contributed by atoms with Crippen molar-refractivity contribution in [2.75, 3.05) is 18.0 Å². The normalized spacial score (nSPS) is 14.7. The molecule has 3 heterocycles. The van der Waals surface area contributed by atoms with Gasteiger partial charge in [-0.05, 0) is 37.1 Å². The van der Waals surface area contributed by atoms with E-state index in [1.54, 1.807) is 36.8 Å². The summed E-state index contributed by atoms with van der Waals surface area (Å²) >= 11 is 5.97. The van der Waals surface area contributed by atoms with E-state index in [9.17, 15) is 4.79 Å². The molecule has 1 aromatic carbocycles. The second-order valence-electron chi connectivity index (χ2n) is 6.10. The number of nitrogens with zero attached hydrogens (tertiary/aromatic N) is 3. The Kier molecular flexibility index (Phi) is 4.24. The first-order chi connectivity index (χ1) is 12.2. The molecular weight excluding hydrogens is 336 g/mol. The standard InChI is InChI=1S/C19H17ClN4O/c20-14-4-5-15-16(12-21-17(15)9-14)18(25)6-3-13-10-22-19(23-11-13)24-7-1-2-8-24/h3-6,9-12,21H,1-2,7-8H2. The molecule has 0 radical (unpaired) electrons. The maximum atomic E-state index is 12.5. The van der Waals surface area contributed by atoms with E-state index in [2.05, 4.69) is 19.9 Å². The van der Waals surface area contributed by atoms with E-state index in [1.165, 1.54) is 12.8 Å². The van der Waals surface area contributed by atoms with Crippen molar-refractivity contribution in [3.05, 3.63) is 59.0 Å². The number of anilines is 1. The van der Waals surface area contributed by atoms with Crippen LogP contribution in [0.1, 0.15) is 28.8 Å². The van der Waals surface area contributed by atoms with Crippen molar-refractivity contribution < 1.29 is 4.79 Å². The third-order valence-electron chi connectivity index (χ3n) is 4.38. The van der Waals surface area contributed by atoms with Gasteiger partial charge in [0.15, 0.2) is 5.78 Å². The number of carbonyl (C=O) groups excluding carboxylic acids is 1. The summed E-state index contributed by atoms with van der Waals surface area (Å²) in [6.45, 7) is 2.02. The highest BCUT2D eigenvalue weighted by atomic mass is 35.5. The monoisotopic (exact) mass is 352 g/mol. The average molecular weight is 353 g/mol. The number of ketones is 1. The minimum atomic E-state index is -0.0720. The van der Waals surface area contributed by atoms with Gasteiger partial charge in [-0.25, -0.2) is 9.97 Å². The Balaban J connectivity index is 1.51. The number of hydrogen-bond donors (Lipinski definition) is 1. The number of benzene rings is 1. The van der Waals surface area contributed by atoms with Crippen LogP contribution in [0.15, 0.2) is 42.9 Å². The Morgan fingerprint density at radius 1 is 1.20 bits per heavy atom. The van der Waals surface area contributed by atoms with Gasteiger partial charge in [-0.1, -0.05) is 17.7 Å². The number of aromatic amines is 1. The lowest BCUT2D eigenvalue weighted by atomic mass is 10.1. The fourth-order valence-corrected chi connectivity index (χ4v) is 3.23. The molecule has 0 aliphatic carbocycles. The van der Waals surface area contributed by atoms with E-state index < -0.39 is 0 Å². The molecule has 0 unspecified atom stereocenters. The summed E-state index contributed by atoms with van der Waals surface area (Å²) in [6.07, 6.45) is 10.9. The zero-order valence-electron chi connectivity index (χ0n) is 13.6. The minimum Gasteiger partial charge on any atom is -0.360 e. The molecule has 0 atom stereocenters. The van der Waals surface area contributed by atoms with Gasteiger partial charge in [0.1, 0.15) is 0 Å². The fraction of sp³-hybridized carbons (Fsp3) is 0.211. The Labute approximate surface area is 150 Å². The first kappa shape index (κ1) is 15.8. The quantitative estimate of drug-likeness (QED) is 0.567. The minimum absolute atomic E-state index is 0.0720. The largest absolute Gasteiger partial charge is 0.360 e. The number of carbonyl (C=O) groups is 1. The number of fused-ring (bicyclic) bond motifs is 1. The van der Waals surface area contributed by atoms with Gasteiger partial charge in [0.25, 0.3) is 0 Å². The van der Waals surface area contributed by atoms with Crippen LogP contribution in [0.2, 0.25) is 5.02 Å². The van der Waals surface area contributed by atoms with Gasteiger partial charge in [0.05, 0.1) is 0 Å². The smallest absolute Gasteiger partial charge is 0.225 e. The van der Waals surface area contributed by atoms with Crippen molar-refractivity contribution >= 4 is 40.3 Å². The number of hydrogen-bond acceptors (Lipinski definition) is 4. The molecule has 2 aromatic heterocycles. The molecule has 1 saturated heterocycles. The summed E-state index contributed by atoms with van der Waals surface area (Å²) in [7, 11) is 0. The number of nitrogens with one attached hydrogen (secondary N) is 1. The topological polar surface area (TPSA) is 61.9 Å². The maximum Gasteiger partial charge on any atom is 0.225 e. The molecule has 1 aliphatic rings. The van der Waals surface area contributed by atoms with E-state index in [-0.39, 0.29) is 5.78 Å². The molecular formula is C19H17ClN4O. The molecule has 0 amide bonds. The van der Waals surface area contributed by atoms with Crippen molar-refractivity contribution in [2.45, 2.75) is 12.8 Å². The molecule has 0 saturated carbocycles. The predicted molar refractivity (Wildman–Crippen MR) is 100 cm³/mol. The van der Waals surface area contributed by atoms with Crippen molar-refractivity contribution in [1.29, 1.82) is 0 Å². The molecule has 25 heavy (non-hydrogen) atoms. The summed E-state index contributed by atoms with van der Waals surface area (Å²) in [6, 6.07) is 5.44. The molecule has 1 aliphatic heterocycles. The Morgan fingerprint density at radius 3 is 2.72 bits per heavy atom. The van der Waals surface area contributed by atoms with Crippen LogP contribution < -0.4 is 4.90 Å². The third kappa shape index (κ3) is 3.28. The molecule has 5 nitrogen and oxygen atoms in total. The zero-order chi connectivity index (χ0) is 17.2. The van der Waals surface area contributed by atoms with Crippen LogP contribution in [0.25, 0.3) is 17.0 Å². The first-order valence-corrected chi connectivity index (χ1v) is 8.64. The molecule has 0 spiro atoms. The Hall–Kier alpha value is -2.66. The van der Waals surface area contributed by atoms with E-state index in [4.69, 9.17) is 11.6 Å². The van der Waals surface area contributed by atoms with Crippen LogP contribution in [0, 0.1) is 0 Å². The molecule has 1 N–H and O–H groups in total. The van der Waals surface area contributed by atoms with E-state index in [1.807, 2.05) is 12.1 Å². The van der Waals surface area contributed by atoms with Crippen LogP contribution in [-0.2, 0) is 0 Å². The highest BCUT2D eigenvalue weighted by Gasteiger charge is 2.14. The third-order valence-corrected chi connectivity index (χ3v) is 4.62. The summed E-state index contributed by atoms with van der Waals surface area (Å²) in [4.78, 5) is 26.5. The van der Waals surface area contributed by atoms with Gasteiger partial charge >= 0.3 is 0 Å². The van der Waals surface area contributed by atoms with E-state index in [0.717, 1.165) is 35.5 Å². The number of H-pyrrole nitrogens is 1. The van der Waals surface area contributed by atoms with Crippen molar-refractivity contribution in [3.63, 3.8) is 0 Å². The van der Waals surface area contributed by atoms with Gasteiger partial charge in [0, 0.05) is 58.7 Å². The van der Waals surface area contributed by atoms with Crippen molar-refractivity contribution in [1.82, 2.24) is 15.0 Å². The van der Waals surface area contributed by atoms with E-state index >= 15 is 0 Å². The van der Waals surface area contributed by atoms with Gasteiger partial charge in [0.2, 0.25) is 5.95 Å². The highest BCUT2D eigenvalue weighted by molar-refractivity contribution is 6.31. The van der Waals surface area contributed by atoms with Gasteiger partial charge in [-0.15, -0.1) is 0 Å². The maximum absolute atomic E-state index is 12.5. The number of allylic oxidation sites excluding steroid dienone is 1. The first-order valence-electron chi connectivity index (χ1n) is 8.27.